The number of nitrogens with one attached hydrogen (secondary N) is 3. The Morgan fingerprint density at radius 3 is 2.53 bits per heavy atom. The summed E-state index contributed by atoms with van der Waals surface area (Å²) in [5.41, 5.74) is 8.12. The van der Waals surface area contributed by atoms with Crippen LogP contribution in [0.3, 0.4) is 0 Å². The van der Waals surface area contributed by atoms with Gasteiger partial charge in [-0.3, -0.25) is 9.59 Å². The van der Waals surface area contributed by atoms with E-state index >= 15 is 0 Å². The van der Waals surface area contributed by atoms with E-state index in [1.54, 1.807) is 32.4 Å². The van der Waals surface area contributed by atoms with E-state index in [1.807, 2.05) is 49.5 Å². The number of H-pyrrole nitrogens is 1. The van der Waals surface area contributed by atoms with E-state index in [1.165, 1.54) is 4.90 Å². The molecular formula is C60H63ClFN13O6. The van der Waals surface area contributed by atoms with Crippen molar-refractivity contribution in [3.63, 3.8) is 0 Å². The molecule has 0 spiro atoms. The van der Waals surface area contributed by atoms with Gasteiger partial charge >= 0.3 is 6.01 Å². The number of oxazole rings is 1. The molecule has 4 aliphatic rings. The number of amides is 2. The highest BCUT2D eigenvalue weighted by molar-refractivity contribution is 6.36. The molecule has 21 heteroatoms. The molecule has 0 bridgehead atoms. The molecule has 1 aliphatic carbocycles. The van der Waals surface area contributed by atoms with Crippen LogP contribution >= 0.6 is 11.6 Å². The topological polar surface area (TPSA) is 216 Å². The first-order chi connectivity index (χ1) is 39.4. The van der Waals surface area contributed by atoms with Gasteiger partial charge in [0.1, 0.15) is 35.4 Å². The minimum Gasteiger partial charge on any atom is -0.495 e. The molecule has 3 N–H and O–H groups in total. The van der Waals surface area contributed by atoms with Crippen molar-refractivity contribution in [1.29, 1.82) is 5.26 Å². The zero-order chi connectivity index (χ0) is 56.3. The van der Waals surface area contributed by atoms with Gasteiger partial charge in [-0.15, -0.1) is 0 Å². The molecule has 2 atom stereocenters. The van der Waals surface area contributed by atoms with Gasteiger partial charge in [-0.1, -0.05) is 48.5 Å². The summed E-state index contributed by atoms with van der Waals surface area (Å²) in [7, 11) is 5.25. The second kappa shape index (κ2) is 23.7. The second-order valence-electron chi connectivity index (χ2n) is 20.8. The normalized spacial score (nSPS) is 17.4. The maximum absolute atomic E-state index is 13.8. The van der Waals surface area contributed by atoms with E-state index in [0.29, 0.717) is 90.1 Å². The van der Waals surface area contributed by atoms with Gasteiger partial charge in [0, 0.05) is 80.2 Å². The third-order valence-electron chi connectivity index (χ3n) is 15.7. The predicted octanol–water partition coefficient (Wildman–Crippen LogP) is 10.2. The molecule has 7 heterocycles. The fourth-order valence-electron chi connectivity index (χ4n) is 11.5. The number of methoxy groups -OCH3 is 1. The third-order valence-corrected chi connectivity index (χ3v) is 16.0. The number of carbonyl (C=O) groups excluding carboxylic acids is 2. The molecule has 4 aromatic carbocycles. The molecule has 2 amide bonds. The van der Waals surface area contributed by atoms with Gasteiger partial charge in [0.05, 0.1) is 54.0 Å². The molecule has 81 heavy (non-hydrogen) atoms. The van der Waals surface area contributed by atoms with Gasteiger partial charge in [0.2, 0.25) is 11.8 Å². The van der Waals surface area contributed by atoms with Gasteiger partial charge in [-0.25, -0.2) is 9.37 Å². The number of aromatic nitrogens is 6. The summed E-state index contributed by atoms with van der Waals surface area (Å²) >= 11 is 6.68. The zero-order valence-corrected chi connectivity index (χ0v) is 46.5. The van der Waals surface area contributed by atoms with Crippen molar-refractivity contribution in [3.05, 3.63) is 119 Å². The molecule has 8 aromatic rings. The molecular weight excluding hydrogens is 1050 g/mol. The quantitative estimate of drug-likeness (QED) is 0.0863. The highest BCUT2D eigenvalue weighted by Crippen LogP contribution is 2.40. The molecule has 418 valence electrons. The number of aromatic amines is 1. The lowest BCUT2D eigenvalue weighted by Gasteiger charge is -2.42. The summed E-state index contributed by atoms with van der Waals surface area (Å²) < 4.78 is 37.8. The Kier molecular flexibility index (Phi) is 15.9. The number of hydrogen-bond donors (Lipinski definition) is 3. The van der Waals surface area contributed by atoms with Crippen LogP contribution in [0.1, 0.15) is 72.5 Å². The van der Waals surface area contributed by atoms with E-state index in [0.717, 1.165) is 113 Å². The summed E-state index contributed by atoms with van der Waals surface area (Å²) in [4.78, 5) is 59.7. The first kappa shape index (κ1) is 54.4. The summed E-state index contributed by atoms with van der Waals surface area (Å²) in [5, 5.41) is 19.0. The summed E-state index contributed by atoms with van der Waals surface area (Å²) in [6.07, 6.45) is 9.25. The van der Waals surface area contributed by atoms with E-state index in [9.17, 15) is 19.2 Å². The Morgan fingerprint density at radius 1 is 0.938 bits per heavy atom. The smallest absolute Gasteiger partial charge is 0.318 e. The number of fused-ring (bicyclic) bond motifs is 4. The van der Waals surface area contributed by atoms with Crippen molar-refractivity contribution in [1.82, 2.24) is 45.0 Å². The molecule has 4 aromatic heterocycles. The monoisotopic (exact) mass is 1120 g/mol. The number of likely N-dealkylation sites (N-methyl/N-ethyl adjacent to an activating group) is 1. The first-order valence-corrected chi connectivity index (χ1v) is 27.8. The summed E-state index contributed by atoms with van der Waals surface area (Å²) in [6.45, 7) is 8.90. The number of benzene rings is 4. The van der Waals surface area contributed by atoms with Crippen LogP contribution in [0.4, 0.5) is 27.5 Å². The minimum atomic E-state index is -1.02. The molecule has 3 aliphatic heterocycles. The Hall–Kier alpha value is -8.54. The number of aryl methyl sites for hydroxylation is 1. The Morgan fingerprint density at radius 2 is 1.77 bits per heavy atom. The predicted molar refractivity (Wildman–Crippen MR) is 309 cm³/mol. The van der Waals surface area contributed by atoms with Crippen molar-refractivity contribution in [2.75, 3.05) is 75.7 Å². The van der Waals surface area contributed by atoms with Gasteiger partial charge in [0.25, 0.3) is 11.8 Å². The van der Waals surface area contributed by atoms with Crippen molar-refractivity contribution < 1.29 is 32.6 Å². The van der Waals surface area contributed by atoms with Crippen molar-refractivity contribution >= 4 is 79.5 Å². The fourth-order valence-corrected chi connectivity index (χ4v) is 11.8. The minimum absolute atomic E-state index is 0.0792. The molecule has 2 unspecified atom stereocenters. The summed E-state index contributed by atoms with van der Waals surface area (Å²) in [5.74, 6) is 0.759. The van der Waals surface area contributed by atoms with Gasteiger partial charge < -0.3 is 53.8 Å². The Bertz CT molecular complexity index is 3720. The number of piperazine rings is 1. The number of ether oxygens (including phenoxy) is 3. The largest absolute Gasteiger partial charge is 0.495 e. The maximum Gasteiger partial charge on any atom is 0.318 e. The lowest BCUT2D eigenvalue weighted by molar-refractivity contribution is -0.131. The maximum atomic E-state index is 13.8. The SMILES string of the molecule is C=C(F)C(=O)N1CCN(c2nc(OCC3CCCN3C)nc3c2CCN(c2cccc4cccc(Cl)c24)C3)CC1CC#N.CNC(=O)c1ccc(Nc2nc(OC3CCCC3)c3c(-c4ccc5nc(C)oc5c4)c[nH]c3n2)c(OC)c1. The van der Waals surface area contributed by atoms with Crippen LogP contribution in [0.25, 0.3) is 44.0 Å². The van der Waals surface area contributed by atoms with Gasteiger partial charge in [0.15, 0.2) is 17.3 Å². The average Bonchev–Trinajstić information content (AvgIpc) is 4.54. The van der Waals surface area contributed by atoms with Crippen LogP contribution < -0.4 is 34.6 Å². The zero-order valence-electron chi connectivity index (χ0n) is 45.7. The second-order valence-corrected chi connectivity index (χ2v) is 21.2. The van der Waals surface area contributed by atoms with Crippen LogP contribution in [0.5, 0.6) is 17.6 Å². The highest BCUT2D eigenvalue weighted by atomic mass is 35.5. The number of halogens is 2. The number of hydrogen-bond acceptors (Lipinski definition) is 16. The van der Waals surface area contributed by atoms with E-state index in [2.05, 4.69) is 73.2 Å². The number of nitriles is 1. The van der Waals surface area contributed by atoms with E-state index in [-0.39, 0.29) is 25.0 Å². The lowest BCUT2D eigenvalue weighted by Crippen LogP contribution is -2.55. The Balaban J connectivity index is 0.000000172. The lowest BCUT2D eigenvalue weighted by atomic mass is 10.0. The fraction of sp³-hybridized carbons (Fsp3) is 0.367. The number of likely N-dealkylation sites (tertiary alicyclic amines) is 1. The van der Waals surface area contributed by atoms with Gasteiger partial charge in [-0.05, 0) is 112 Å². The number of carbonyl (C=O) groups is 2. The number of nitrogens with zero attached hydrogens (tertiary/aromatic N) is 10. The van der Waals surface area contributed by atoms with Crippen LogP contribution in [-0.4, -0.2) is 130 Å². The van der Waals surface area contributed by atoms with E-state index in [4.69, 9.17) is 50.2 Å². The van der Waals surface area contributed by atoms with Crippen LogP contribution in [0, 0.1) is 18.3 Å². The Labute approximate surface area is 473 Å². The highest BCUT2D eigenvalue weighted by Gasteiger charge is 2.35. The van der Waals surface area contributed by atoms with Crippen molar-refractivity contribution in [2.24, 2.45) is 0 Å². The number of rotatable bonds is 14. The molecule has 1 saturated carbocycles. The van der Waals surface area contributed by atoms with Crippen LogP contribution in [0.15, 0.2) is 95.8 Å². The standard InChI is InChI=1S/C32H35ClFN7O2.C28H28N6O4/c1-21(34)31(42)41-17-16-40(18-23(41)11-13-35)30-25-12-15-39(28-10-4-7-22-6-3-9-26(33)29(22)28)19-27(25)36-32(37-30)43-20-24-8-5-14-38(24)2;1-15-31-21-10-8-16(12-23(21)37-15)19-14-30-25-24(19)27(38-18-6-4-5-7-18)34-28(33-25)32-20-11-9-17(26(35)29-2)13-22(20)36-3/h3-4,6-7,9-10,23-24H,1,5,8,11-12,14-20H2,2H3;8-14,18H,4-7H2,1-3H3,(H,29,35)(H2,30,32,33,34). The molecule has 3 fully saturated rings. The molecule has 19 nitrogen and oxygen atoms in total. The van der Waals surface area contributed by atoms with Crippen molar-refractivity contribution in [2.45, 2.75) is 83.0 Å². The first-order valence-electron chi connectivity index (χ1n) is 27.4. The molecule has 2 saturated heterocycles. The third kappa shape index (κ3) is 11.5. The van der Waals surface area contributed by atoms with E-state index < -0.39 is 17.8 Å². The van der Waals surface area contributed by atoms with Crippen LogP contribution in [-0.2, 0) is 17.8 Å². The molecule has 12 rings (SSSR count). The molecule has 0 radical (unpaired) electrons. The number of anilines is 4. The van der Waals surface area contributed by atoms with Crippen LogP contribution in [0.2, 0.25) is 5.02 Å². The summed E-state index contributed by atoms with van der Waals surface area (Å²) in [6, 6.07) is 25.5. The van der Waals surface area contributed by atoms with Crippen molar-refractivity contribution in [3.8, 4) is 34.8 Å². The average molecular weight is 1120 g/mol. The van der Waals surface area contributed by atoms with Gasteiger partial charge in [-0.2, -0.15) is 25.2 Å².